The van der Waals surface area contributed by atoms with E-state index in [4.69, 9.17) is 4.18 Å². The fraction of sp³-hybridized carbons (Fsp3) is 0.200. The normalized spacial score (nSPS) is 13.4. The van der Waals surface area contributed by atoms with Crippen LogP contribution in [0.1, 0.15) is 12.8 Å². The number of carbonyl (C=O) groups is 1. The Morgan fingerprint density at radius 1 is 1.00 bits per heavy atom. The van der Waals surface area contributed by atoms with Crippen molar-refractivity contribution in [2.75, 3.05) is 29.6 Å². The summed E-state index contributed by atoms with van der Waals surface area (Å²) in [6.07, 6.45) is 1.78. The predicted molar refractivity (Wildman–Crippen MR) is 136 cm³/mol. The maximum atomic E-state index is 12.8. The smallest absolute Gasteiger partial charge is 0.339 e. The molecular weight excluding hydrogens is 466 g/mol. The predicted octanol–water partition coefficient (Wildman–Crippen LogP) is 4.49. The van der Waals surface area contributed by atoms with Gasteiger partial charge < -0.3 is 19.4 Å². The van der Waals surface area contributed by atoms with Crippen LogP contribution < -0.4 is 19.7 Å². The minimum atomic E-state index is -4.04. The lowest BCUT2D eigenvalue weighted by molar-refractivity contribution is -0.117. The van der Waals surface area contributed by atoms with Crippen LogP contribution in [0.15, 0.2) is 71.6 Å². The van der Waals surface area contributed by atoms with Crippen molar-refractivity contribution in [3.63, 3.8) is 0 Å². The molecule has 1 aliphatic carbocycles. The van der Waals surface area contributed by atoms with Gasteiger partial charge in [-0.15, -0.1) is 0 Å². The molecule has 5 rings (SSSR count). The van der Waals surface area contributed by atoms with Gasteiger partial charge in [-0.25, -0.2) is 4.98 Å². The Kier molecular flexibility index (Phi) is 5.81. The van der Waals surface area contributed by atoms with Gasteiger partial charge in [-0.2, -0.15) is 8.42 Å². The number of aromatic amines is 1. The summed E-state index contributed by atoms with van der Waals surface area (Å²) in [5, 5.41) is 5.99. The average Bonchev–Trinajstić information content (AvgIpc) is 3.60. The van der Waals surface area contributed by atoms with Crippen molar-refractivity contribution in [3.05, 3.63) is 66.7 Å². The molecule has 1 fully saturated rings. The molecule has 9 nitrogen and oxygen atoms in total. The summed E-state index contributed by atoms with van der Waals surface area (Å²) >= 11 is 0. The van der Waals surface area contributed by atoms with Gasteiger partial charge in [0.2, 0.25) is 11.9 Å². The number of fused-ring (bicyclic) bond motifs is 1. The van der Waals surface area contributed by atoms with Crippen molar-refractivity contribution in [1.29, 1.82) is 0 Å². The third-order valence-electron chi connectivity index (χ3n) is 5.67. The van der Waals surface area contributed by atoms with E-state index in [-0.39, 0.29) is 22.5 Å². The topological polar surface area (TPSA) is 116 Å². The summed E-state index contributed by atoms with van der Waals surface area (Å²) in [7, 11) is -0.0921. The first-order valence-electron chi connectivity index (χ1n) is 11.2. The third-order valence-corrected chi connectivity index (χ3v) is 6.93. The highest BCUT2D eigenvalue weighted by Gasteiger charge is 2.30. The number of rotatable bonds is 8. The molecule has 3 N–H and O–H groups in total. The van der Waals surface area contributed by atoms with Crippen molar-refractivity contribution >= 4 is 50.1 Å². The molecule has 0 unspecified atom stereocenters. The molecule has 10 heteroatoms. The van der Waals surface area contributed by atoms with E-state index in [9.17, 15) is 13.2 Å². The molecule has 1 saturated carbocycles. The molecule has 0 atom stereocenters. The fourth-order valence-electron chi connectivity index (χ4n) is 3.55. The highest BCUT2D eigenvalue weighted by Crippen LogP contribution is 2.30. The molecule has 35 heavy (non-hydrogen) atoms. The Labute approximate surface area is 203 Å². The Morgan fingerprint density at radius 2 is 1.66 bits per heavy atom. The SMILES string of the molecule is CN(C)c1ccc(Nc2ccc(S(=O)(=O)Oc3ccc4[nH]c(NC(=O)C5CC5)nc4c3)cc2)cc1. The molecule has 0 saturated heterocycles. The number of hydrogen-bond donors (Lipinski definition) is 3. The Morgan fingerprint density at radius 3 is 2.29 bits per heavy atom. The number of benzene rings is 3. The van der Waals surface area contributed by atoms with Gasteiger partial charge in [-0.3, -0.25) is 10.1 Å². The van der Waals surface area contributed by atoms with Crippen LogP contribution in [-0.2, 0) is 14.9 Å². The summed E-state index contributed by atoms with van der Waals surface area (Å²) < 4.78 is 31.0. The van der Waals surface area contributed by atoms with E-state index >= 15 is 0 Å². The number of nitrogens with one attached hydrogen (secondary N) is 3. The van der Waals surface area contributed by atoms with Crippen LogP contribution in [-0.4, -0.2) is 38.4 Å². The second-order valence-corrected chi connectivity index (χ2v) is 10.2. The van der Waals surface area contributed by atoms with E-state index in [2.05, 4.69) is 20.6 Å². The number of carbonyl (C=O) groups excluding carboxylic acids is 1. The molecule has 1 aromatic heterocycles. The maximum absolute atomic E-state index is 12.8. The van der Waals surface area contributed by atoms with Gasteiger partial charge in [0, 0.05) is 43.1 Å². The maximum Gasteiger partial charge on any atom is 0.339 e. The van der Waals surface area contributed by atoms with Gasteiger partial charge in [0.25, 0.3) is 0 Å². The first-order valence-corrected chi connectivity index (χ1v) is 12.6. The molecular formula is C25H25N5O4S. The fourth-order valence-corrected chi connectivity index (χ4v) is 4.47. The summed E-state index contributed by atoms with van der Waals surface area (Å²) in [6.45, 7) is 0. The van der Waals surface area contributed by atoms with Crippen LogP contribution in [0.5, 0.6) is 5.75 Å². The van der Waals surface area contributed by atoms with Crippen LogP contribution in [0.3, 0.4) is 0 Å². The van der Waals surface area contributed by atoms with Crippen LogP contribution in [0.2, 0.25) is 0 Å². The number of nitrogens with zero attached hydrogens (tertiary/aromatic N) is 2. The van der Waals surface area contributed by atoms with Crippen molar-refractivity contribution in [3.8, 4) is 5.75 Å². The van der Waals surface area contributed by atoms with E-state index in [0.29, 0.717) is 17.0 Å². The number of H-pyrrole nitrogens is 1. The van der Waals surface area contributed by atoms with Crippen LogP contribution in [0.25, 0.3) is 11.0 Å². The van der Waals surface area contributed by atoms with Crippen LogP contribution >= 0.6 is 0 Å². The van der Waals surface area contributed by atoms with Crippen LogP contribution in [0.4, 0.5) is 23.0 Å². The minimum absolute atomic E-state index is 0.0329. The van der Waals surface area contributed by atoms with E-state index in [0.717, 1.165) is 29.9 Å². The highest BCUT2D eigenvalue weighted by atomic mass is 32.2. The molecule has 0 spiro atoms. The van der Waals surface area contributed by atoms with Gasteiger partial charge in [0.1, 0.15) is 10.6 Å². The van der Waals surface area contributed by atoms with Gasteiger partial charge in [0.15, 0.2) is 0 Å². The van der Waals surface area contributed by atoms with E-state index in [1.165, 1.54) is 24.3 Å². The number of amides is 1. The quantitative estimate of drug-likeness (QED) is 0.311. The van der Waals surface area contributed by atoms with E-state index in [1.54, 1.807) is 18.2 Å². The van der Waals surface area contributed by atoms with Gasteiger partial charge in [-0.1, -0.05) is 0 Å². The zero-order valence-electron chi connectivity index (χ0n) is 19.3. The molecule has 4 aromatic rings. The first kappa shape index (κ1) is 22.7. The molecule has 1 heterocycles. The summed E-state index contributed by atoms with van der Waals surface area (Å²) in [5.74, 6) is 0.452. The second-order valence-electron chi connectivity index (χ2n) is 8.66. The van der Waals surface area contributed by atoms with Gasteiger partial charge in [0.05, 0.1) is 11.0 Å². The third kappa shape index (κ3) is 5.22. The Bertz CT molecular complexity index is 1470. The molecule has 3 aromatic carbocycles. The first-order chi connectivity index (χ1) is 16.8. The summed E-state index contributed by atoms with van der Waals surface area (Å²) in [5.41, 5.74) is 3.88. The average molecular weight is 492 g/mol. The number of imidazole rings is 1. The highest BCUT2D eigenvalue weighted by molar-refractivity contribution is 7.87. The zero-order valence-corrected chi connectivity index (χ0v) is 20.1. The molecule has 0 radical (unpaired) electrons. The number of hydrogen-bond acceptors (Lipinski definition) is 7. The Hall–Kier alpha value is -4.05. The largest absolute Gasteiger partial charge is 0.379 e. The van der Waals surface area contributed by atoms with Crippen molar-refractivity contribution in [1.82, 2.24) is 9.97 Å². The molecule has 1 amide bonds. The number of aromatic nitrogens is 2. The minimum Gasteiger partial charge on any atom is -0.379 e. The summed E-state index contributed by atoms with van der Waals surface area (Å²) in [4.78, 5) is 21.3. The lowest BCUT2D eigenvalue weighted by atomic mass is 10.2. The molecule has 0 bridgehead atoms. The lowest BCUT2D eigenvalue weighted by Gasteiger charge is -2.13. The van der Waals surface area contributed by atoms with Crippen molar-refractivity contribution in [2.45, 2.75) is 17.7 Å². The van der Waals surface area contributed by atoms with Gasteiger partial charge >= 0.3 is 10.1 Å². The number of anilines is 4. The monoisotopic (exact) mass is 491 g/mol. The van der Waals surface area contributed by atoms with Gasteiger partial charge in [-0.05, 0) is 73.5 Å². The Balaban J connectivity index is 1.27. The zero-order chi connectivity index (χ0) is 24.6. The van der Waals surface area contributed by atoms with E-state index < -0.39 is 10.1 Å². The second kappa shape index (κ2) is 8.95. The van der Waals surface area contributed by atoms with E-state index in [1.807, 2.05) is 43.3 Å². The summed E-state index contributed by atoms with van der Waals surface area (Å²) in [6, 6.07) is 19.0. The van der Waals surface area contributed by atoms with Crippen LogP contribution in [0, 0.1) is 5.92 Å². The lowest BCUT2D eigenvalue weighted by Crippen LogP contribution is -2.14. The standard InChI is InChI=1S/C25H25N5O4S/c1-30(2)19-9-5-17(6-10-19)26-18-7-12-21(13-8-18)35(32,33)34-20-11-14-22-23(15-20)28-25(27-22)29-24(31)16-3-4-16/h5-16,26H,3-4H2,1-2H3,(H2,27,28,29,31). The molecule has 0 aliphatic heterocycles. The van der Waals surface area contributed by atoms with Crippen molar-refractivity contribution in [2.24, 2.45) is 5.92 Å². The van der Waals surface area contributed by atoms with Crippen molar-refractivity contribution < 1.29 is 17.4 Å². The molecule has 1 aliphatic rings. The molecule has 180 valence electrons.